The molecule has 0 aromatic carbocycles. The Kier molecular flexibility index (Phi) is 3.10. The Labute approximate surface area is 97.3 Å². The van der Waals surface area contributed by atoms with Crippen LogP contribution in [0.2, 0.25) is 0 Å². The van der Waals surface area contributed by atoms with E-state index in [1.165, 1.54) is 12.8 Å². The van der Waals surface area contributed by atoms with E-state index in [-0.39, 0.29) is 6.09 Å². The van der Waals surface area contributed by atoms with Gasteiger partial charge in [-0.05, 0) is 46.1 Å². The van der Waals surface area contributed by atoms with Crippen LogP contribution < -0.4 is 5.32 Å². The normalized spacial score (nSPS) is 30.1. The van der Waals surface area contributed by atoms with E-state index in [9.17, 15) is 4.79 Å². The SMILES string of the molecule is CC(C)(C)OC(=O)N1C[C@H]2CCCN[C@@H]2C1. The first-order chi connectivity index (χ1) is 7.46. The Balaban J connectivity index is 1.90. The van der Waals surface area contributed by atoms with E-state index in [1.807, 2.05) is 25.7 Å². The summed E-state index contributed by atoms with van der Waals surface area (Å²) in [6.45, 7) is 8.47. The van der Waals surface area contributed by atoms with Crippen LogP contribution in [0, 0.1) is 5.92 Å². The Morgan fingerprint density at radius 1 is 1.38 bits per heavy atom. The fourth-order valence-electron chi connectivity index (χ4n) is 2.52. The zero-order chi connectivity index (χ0) is 11.8. The molecule has 0 aliphatic carbocycles. The number of amides is 1. The quantitative estimate of drug-likeness (QED) is 0.682. The van der Waals surface area contributed by atoms with Crippen molar-refractivity contribution in [2.45, 2.75) is 45.3 Å². The first kappa shape index (κ1) is 11.7. The minimum atomic E-state index is -0.391. The van der Waals surface area contributed by atoms with Crippen LogP contribution in [0.3, 0.4) is 0 Å². The summed E-state index contributed by atoms with van der Waals surface area (Å²) in [6, 6.07) is 0.487. The topological polar surface area (TPSA) is 41.6 Å². The average Bonchev–Trinajstić information content (AvgIpc) is 2.58. The molecule has 2 aliphatic heterocycles. The molecule has 2 atom stereocenters. The summed E-state index contributed by atoms with van der Waals surface area (Å²) in [7, 11) is 0. The molecule has 0 unspecified atom stereocenters. The summed E-state index contributed by atoms with van der Waals surface area (Å²) in [5.41, 5.74) is -0.391. The molecule has 2 fully saturated rings. The lowest BCUT2D eigenvalue weighted by Gasteiger charge is -2.24. The minimum absolute atomic E-state index is 0.163. The third-order valence-electron chi connectivity index (χ3n) is 3.25. The number of hydrogen-bond donors (Lipinski definition) is 1. The highest BCUT2D eigenvalue weighted by molar-refractivity contribution is 5.68. The van der Waals surface area contributed by atoms with Crippen LogP contribution >= 0.6 is 0 Å². The first-order valence-corrected chi connectivity index (χ1v) is 6.17. The molecule has 16 heavy (non-hydrogen) atoms. The Morgan fingerprint density at radius 3 is 2.75 bits per heavy atom. The van der Waals surface area contributed by atoms with Gasteiger partial charge in [0.05, 0.1) is 0 Å². The predicted molar refractivity (Wildman–Crippen MR) is 62.3 cm³/mol. The van der Waals surface area contributed by atoms with Gasteiger partial charge in [-0.15, -0.1) is 0 Å². The van der Waals surface area contributed by atoms with Crippen LogP contribution in [0.5, 0.6) is 0 Å². The maximum atomic E-state index is 11.9. The number of rotatable bonds is 0. The summed E-state index contributed by atoms with van der Waals surface area (Å²) in [5.74, 6) is 0.626. The van der Waals surface area contributed by atoms with Gasteiger partial charge in [0.15, 0.2) is 0 Å². The summed E-state index contributed by atoms with van der Waals surface area (Å²) in [4.78, 5) is 13.7. The molecule has 0 radical (unpaired) electrons. The molecule has 2 aliphatic rings. The van der Waals surface area contributed by atoms with Crippen LogP contribution in [0.4, 0.5) is 4.79 Å². The highest BCUT2D eigenvalue weighted by atomic mass is 16.6. The number of fused-ring (bicyclic) bond motifs is 1. The van der Waals surface area contributed by atoms with E-state index in [0.29, 0.717) is 12.0 Å². The van der Waals surface area contributed by atoms with Gasteiger partial charge in [0.2, 0.25) is 0 Å². The molecule has 0 bridgehead atoms. The summed E-state index contributed by atoms with van der Waals surface area (Å²) >= 11 is 0. The van der Waals surface area contributed by atoms with Crippen molar-refractivity contribution < 1.29 is 9.53 Å². The fraction of sp³-hybridized carbons (Fsp3) is 0.917. The van der Waals surface area contributed by atoms with Crippen molar-refractivity contribution in [1.29, 1.82) is 0 Å². The van der Waals surface area contributed by atoms with Crippen molar-refractivity contribution in [3.8, 4) is 0 Å². The molecule has 4 heteroatoms. The maximum Gasteiger partial charge on any atom is 0.410 e. The molecule has 92 valence electrons. The van der Waals surface area contributed by atoms with Gasteiger partial charge in [0, 0.05) is 19.1 Å². The van der Waals surface area contributed by atoms with Crippen molar-refractivity contribution in [2.75, 3.05) is 19.6 Å². The zero-order valence-electron chi connectivity index (χ0n) is 10.5. The van der Waals surface area contributed by atoms with Gasteiger partial charge >= 0.3 is 6.09 Å². The maximum absolute atomic E-state index is 11.9. The van der Waals surface area contributed by atoms with Crippen LogP contribution in [0.25, 0.3) is 0 Å². The molecular formula is C12H22N2O2. The molecule has 2 saturated heterocycles. The number of carbonyl (C=O) groups is 1. The lowest BCUT2D eigenvalue weighted by Crippen LogP contribution is -2.41. The van der Waals surface area contributed by atoms with Gasteiger partial charge < -0.3 is 15.0 Å². The van der Waals surface area contributed by atoms with E-state index < -0.39 is 5.60 Å². The number of nitrogens with one attached hydrogen (secondary N) is 1. The number of ether oxygens (including phenoxy) is 1. The zero-order valence-corrected chi connectivity index (χ0v) is 10.5. The van der Waals surface area contributed by atoms with E-state index in [2.05, 4.69) is 5.32 Å². The smallest absolute Gasteiger partial charge is 0.410 e. The van der Waals surface area contributed by atoms with Crippen LogP contribution in [0.15, 0.2) is 0 Å². The molecule has 0 aromatic rings. The van der Waals surface area contributed by atoms with Crippen molar-refractivity contribution in [1.82, 2.24) is 10.2 Å². The van der Waals surface area contributed by atoms with E-state index in [4.69, 9.17) is 4.74 Å². The highest BCUT2D eigenvalue weighted by Crippen LogP contribution is 2.26. The Morgan fingerprint density at radius 2 is 2.12 bits per heavy atom. The second kappa shape index (κ2) is 4.24. The molecule has 1 amide bonds. The fourth-order valence-corrected chi connectivity index (χ4v) is 2.52. The molecule has 0 saturated carbocycles. The Bertz CT molecular complexity index is 259. The molecule has 0 spiro atoms. The summed E-state index contributed by atoms with van der Waals surface area (Å²) < 4.78 is 5.39. The van der Waals surface area contributed by atoms with Gasteiger partial charge in [0.1, 0.15) is 5.60 Å². The summed E-state index contributed by atoms with van der Waals surface area (Å²) in [6.07, 6.45) is 2.30. The first-order valence-electron chi connectivity index (χ1n) is 6.17. The van der Waals surface area contributed by atoms with Crippen LogP contribution in [-0.2, 0) is 4.74 Å². The average molecular weight is 226 g/mol. The van der Waals surface area contributed by atoms with Gasteiger partial charge in [-0.25, -0.2) is 4.79 Å². The lowest BCUT2D eigenvalue weighted by molar-refractivity contribution is 0.0286. The largest absolute Gasteiger partial charge is 0.444 e. The second-order valence-electron chi connectivity index (χ2n) is 5.85. The summed E-state index contributed by atoms with van der Waals surface area (Å²) in [5, 5.41) is 3.48. The van der Waals surface area contributed by atoms with Gasteiger partial charge in [-0.2, -0.15) is 0 Å². The molecule has 1 N–H and O–H groups in total. The van der Waals surface area contributed by atoms with Crippen molar-refractivity contribution in [3.05, 3.63) is 0 Å². The van der Waals surface area contributed by atoms with Crippen molar-refractivity contribution in [2.24, 2.45) is 5.92 Å². The number of piperidine rings is 1. The molecular weight excluding hydrogens is 204 g/mol. The molecule has 2 heterocycles. The van der Waals surface area contributed by atoms with E-state index >= 15 is 0 Å². The standard InChI is InChI=1S/C12H22N2O2/c1-12(2,3)16-11(15)14-7-9-5-4-6-13-10(9)8-14/h9-10,13H,4-8H2,1-3H3/t9-,10-/m1/s1. The number of hydrogen-bond acceptors (Lipinski definition) is 3. The number of carbonyl (C=O) groups excluding carboxylic acids is 1. The predicted octanol–water partition coefficient (Wildman–Crippen LogP) is 1.61. The van der Waals surface area contributed by atoms with Crippen molar-refractivity contribution >= 4 is 6.09 Å². The molecule has 2 rings (SSSR count). The van der Waals surface area contributed by atoms with Gasteiger partial charge in [0.25, 0.3) is 0 Å². The third-order valence-corrected chi connectivity index (χ3v) is 3.25. The number of likely N-dealkylation sites (tertiary alicyclic amines) is 1. The van der Waals surface area contributed by atoms with Crippen molar-refractivity contribution in [3.63, 3.8) is 0 Å². The monoisotopic (exact) mass is 226 g/mol. The molecule has 0 aromatic heterocycles. The Hall–Kier alpha value is -0.770. The lowest BCUT2D eigenvalue weighted by atomic mass is 9.94. The molecule has 4 nitrogen and oxygen atoms in total. The van der Waals surface area contributed by atoms with Gasteiger partial charge in [-0.3, -0.25) is 0 Å². The number of nitrogens with zero attached hydrogens (tertiary/aromatic N) is 1. The highest BCUT2D eigenvalue weighted by Gasteiger charge is 2.37. The van der Waals surface area contributed by atoms with Gasteiger partial charge in [-0.1, -0.05) is 0 Å². The van der Waals surface area contributed by atoms with E-state index in [1.54, 1.807) is 0 Å². The van der Waals surface area contributed by atoms with Crippen LogP contribution in [0.1, 0.15) is 33.6 Å². The van der Waals surface area contributed by atoms with Crippen LogP contribution in [-0.4, -0.2) is 42.3 Å². The van der Waals surface area contributed by atoms with E-state index in [0.717, 1.165) is 19.6 Å². The second-order valence-corrected chi connectivity index (χ2v) is 5.85. The minimum Gasteiger partial charge on any atom is -0.444 e. The third kappa shape index (κ3) is 2.67.